The van der Waals surface area contributed by atoms with E-state index in [1.54, 1.807) is 13.0 Å². The van der Waals surface area contributed by atoms with Gasteiger partial charge in [-0.25, -0.2) is 4.39 Å². The summed E-state index contributed by atoms with van der Waals surface area (Å²) >= 11 is 6.15. The summed E-state index contributed by atoms with van der Waals surface area (Å²) in [6, 6.07) is 10.2. The molecule has 0 unspecified atom stereocenters. The number of nitrogens with one attached hydrogen (secondary N) is 1. The number of anilines is 1. The van der Waals surface area contributed by atoms with Gasteiger partial charge >= 0.3 is 0 Å². The first kappa shape index (κ1) is 19.1. The van der Waals surface area contributed by atoms with Gasteiger partial charge in [0.05, 0.1) is 10.6 Å². The van der Waals surface area contributed by atoms with Crippen LogP contribution in [0, 0.1) is 19.7 Å². The van der Waals surface area contributed by atoms with E-state index in [1.165, 1.54) is 12.1 Å². The standard InChI is InChI=1S/C21H20ClFN2O2/c1-11(2)14-8-5-7-12(3)19(14)24-21(26)17-13(4)27-25-20(17)18-15(22)9-6-10-16(18)23/h5-11H,1-4H3,(H,24,26). The van der Waals surface area contributed by atoms with Crippen LogP contribution in [0.15, 0.2) is 40.9 Å². The fourth-order valence-electron chi connectivity index (χ4n) is 3.05. The van der Waals surface area contributed by atoms with Crippen molar-refractivity contribution in [3.05, 3.63) is 69.7 Å². The lowest BCUT2D eigenvalue weighted by Crippen LogP contribution is -2.16. The van der Waals surface area contributed by atoms with Crippen molar-refractivity contribution in [2.45, 2.75) is 33.6 Å². The van der Waals surface area contributed by atoms with E-state index in [4.69, 9.17) is 16.1 Å². The predicted molar refractivity (Wildman–Crippen MR) is 105 cm³/mol. The molecule has 0 spiro atoms. The lowest BCUT2D eigenvalue weighted by atomic mass is 9.97. The molecule has 6 heteroatoms. The van der Waals surface area contributed by atoms with Crippen LogP contribution in [-0.2, 0) is 0 Å². The molecule has 0 atom stereocenters. The first-order valence-electron chi connectivity index (χ1n) is 8.62. The number of para-hydroxylation sites is 1. The van der Waals surface area contributed by atoms with Crippen LogP contribution in [0.25, 0.3) is 11.3 Å². The summed E-state index contributed by atoms with van der Waals surface area (Å²) in [5.74, 6) is -0.464. The van der Waals surface area contributed by atoms with E-state index in [9.17, 15) is 9.18 Å². The minimum Gasteiger partial charge on any atom is -0.360 e. The SMILES string of the molecule is Cc1cccc(C(C)C)c1NC(=O)c1c(-c2c(F)cccc2Cl)noc1C. The third-order valence-corrected chi connectivity index (χ3v) is 4.77. The molecule has 140 valence electrons. The zero-order chi connectivity index (χ0) is 19.7. The zero-order valence-corrected chi connectivity index (χ0v) is 16.3. The minimum absolute atomic E-state index is 0.0510. The van der Waals surface area contributed by atoms with E-state index < -0.39 is 11.7 Å². The summed E-state index contributed by atoms with van der Waals surface area (Å²) in [5, 5.41) is 7.00. The third-order valence-electron chi connectivity index (χ3n) is 4.45. The molecular formula is C21H20ClFN2O2. The van der Waals surface area contributed by atoms with Crippen LogP contribution in [0.5, 0.6) is 0 Å². The molecule has 0 aliphatic rings. The third kappa shape index (κ3) is 3.60. The van der Waals surface area contributed by atoms with Gasteiger partial charge in [0.2, 0.25) is 0 Å². The summed E-state index contributed by atoms with van der Waals surface area (Å²) < 4.78 is 19.5. The Hall–Kier alpha value is -2.66. The molecule has 0 radical (unpaired) electrons. The van der Waals surface area contributed by atoms with Gasteiger partial charge < -0.3 is 9.84 Å². The highest BCUT2D eigenvalue weighted by Crippen LogP contribution is 2.34. The molecule has 1 heterocycles. The number of hydrogen-bond acceptors (Lipinski definition) is 3. The average Bonchev–Trinajstić information content (AvgIpc) is 2.97. The van der Waals surface area contributed by atoms with Crippen molar-refractivity contribution in [1.29, 1.82) is 0 Å². The van der Waals surface area contributed by atoms with Gasteiger partial charge in [-0.3, -0.25) is 4.79 Å². The fraction of sp³-hybridized carbons (Fsp3) is 0.238. The Labute approximate surface area is 162 Å². The van der Waals surface area contributed by atoms with Crippen LogP contribution in [0.4, 0.5) is 10.1 Å². The van der Waals surface area contributed by atoms with Gasteiger partial charge in [0.15, 0.2) is 0 Å². The van der Waals surface area contributed by atoms with Crippen LogP contribution in [0.2, 0.25) is 5.02 Å². The number of carbonyl (C=O) groups excluding carboxylic acids is 1. The summed E-state index contributed by atoms with van der Waals surface area (Å²) in [6.45, 7) is 7.65. The molecule has 2 aromatic carbocycles. The second-order valence-electron chi connectivity index (χ2n) is 6.71. The molecule has 1 amide bonds. The van der Waals surface area contributed by atoms with Crippen molar-refractivity contribution in [1.82, 2.24) is 5.16 Å². The van der Waals surface area contributed by atoms with Gasteiger partial charge in [0.25, 0.3) is 5.91 Å². The van der Waals surface area contributed by atoms with Crippen molar-refractivity contribution in [3.8, 4) is 11.3 Å². The molecule has 4 nitrogen and oxygen atoms in total. The molecule has 0 aliphatic carbocycles. The molecule has 1 aromatic heterocycles. The maximum Gasteiger partial charge on any atom is 0.261 e. The van der Waals surface area contributed by atoms with Crippen molar-refractivity contribution >= 4 is 23.2 Å². The number of amides is 1. The molecule has 3 aromatic rings. The molecule has 0 fully saturated rings. The molecule has 27 heavy (non-hydrogen) atoms. The predicted octanol–water partition coefficient (Wildman–Crippen LogP) is 6.13. The van der Waals surface area contributed by atoms with Crippen LogP contribution in [-0.4, -0.2) is 11.1 Å². The van der Waals surface area contributed by atoms with Gasteiger partial charge in [-0.1, -0.05) is 54.9 Å². The highest BCUT2D eigenvalue weighted by atomic mass is 35.5. The number of aryl methyl sites for hydroxylation is 2. The fourth-order valence-corrected chi connectivity index (χ4v) is 3.31. The van der Waals surface area contributed by atoms with Gasteiger partial charge in [-0.05, 0) is 43.0 Å². The normalized spacial score (nSPS) is 11.1. The van der Waals surface area contributed by atoms with E-state index in [0.29, 0.717) is 5.76 Å². The summed E-state index contributed by atoms with van der Waals surface area (Å²) in [6.07, 6.45) is 0. The van der Waals surface area contributed by atoms with E-state index in [1.807, 2.05) is 25.1 Å². The monoisotopic (exact) mass is 386 g/mol. The topological polar surface area (TPSA) is 55.1 Å². The number of hydrogen-bond donors (Lipinski definition) is 1. The Morgan fingerprint density at radius 2 is 1.89 bits per heavy atom. The van der Waals surface area contributed by atoms with E-state index >= 15 is 0 Å². The number of nitrogens with zero attached hydrogens (tertiary/aromatic N) is 1. The molecule has 0 saturated carbocycles. The molecule has 0 saturated heterocycles. The summed E-state index contributed by atoms with van der Waals surface area (Å²) in [7, 11) is 0. The smallest absolute Gasteiger partial charge is 0.261 e. The highest BCUT2D eigenvalue weighted by molar-refractivity contribution is 6.33. The van der Waals surface area contributed by atoms with Gasteiger partial charge in [0, 0.05) is 5.69 Å². The largest absolute Gasteiger partial charge is 0.360 e. The van der Waals surface area contributed by atoms with Crippen LogP contribution in [0.3, 0.4) is 0 Å². The van der Waals surface area contributed by atoms with E-state index in [0.717, 1.165) is 16.8 Å². The zero-order valence-electron chi connectivity index (χ0n) is 15.6. The Balaban J connectivity index is 2.07. The summed E-state index contributed by atoms with van der Waals surface area (Å²) in [5.41, 5.74) is 3.00. The highest BCUT2D eigenvalue weighted by Gasteiger charge is 2.26. The van der Waals surface area contributed by atoms with Gasteiger partial charge in [0.1, 0.15) is 22.8 Å². The maximum absolute atomic E-state index is 14.4. The quantitative estimate of drug-likeness (QED) is 0.587. The minimum atomic E-state index is -0.566. The second-order valence-corrected chi connectivity index (χ2v) is 7.11. The Morgan fingerprint density at radius 3 is 2.56 bits per heavy atom. The van der Waals surface area contributed by atoms with E-state index in [2.05, 4.69) is 24.3 Å². The number of rotatable bonds is 4. The molecule has 0 bridgehead atoms. The first-order valence-corrected chi connectivity index (χ1v) is 9.00. The Kier molecular flexibility index (Phi) is 5.33. The average molecular weight is 387 g/mol. The van der Waals surface area contributed by atoms with Gasteiger partial charge in [-0.2, -0.15) is 0 Å². The van der Waals surface area contributed by atoms with E-state index in [-0.39, 0.29) is 27.8 Å². The number of halogens is 2. The van der Waals surface area contributed by atoms with Crippen LogP contribution in [0.1, 0.15) is 47.0 Å². The maximum atomic E-state index is 14.4. The van der Waals surface area contributed by atoms with Crippen molar-refractivity contribution in [2.24, 2.45) is 0 Å². The van der Waals surface area contributed by atoms with Crippen LogP contribution >= 0.6 is 11.6 Å². The molecule has 0 aliphatic heterocycles. The van der Waals surface area contributed by atoms with Crippen molar-refractivity contribution in [2.75, 3.05) is 5.32 Å². The van der Waals surface area contributed by atoms with Crippen LogP contribution < -0.4 is 5.32 Å². The summed E-state index contributed by atoms with van der Waals surface area (Å²) in [4.78, 5) is 13.1. The second kappa shape index (κ2) is 7.53. The number of aromatic nitrogens is 1. The lowest BCUT2D eigenvalue weighted by molar-refractivity contribution is 0.102. The van der Waals surface area contributed by atoms with Crippen molar-refractivity contribution < 1.29 is 13.7 Å². The number of carbonyl (C=O) groups is 1. The molecule has 1 N–H and O–H groups in total. The van der Waals surface area contributed by atoms with Gasteiger partial charge in [-0.15, -0.1) is 0 Å². The first-order chi connectivity index (χ1) is 12.8. The molecular weight excluding hydrogens is 367 g/mol. The number of benzene rings is 2. The van der Waals surface area contributed by atoms with Crippen molar-refractivity contribution in [3.63, 3.8) is 0 Å². The Morgan fingerprint density at radius 1 is 1.19 bits per heavy atom. The Bertz CT molecular complexity index is 991. The lowest BCUT2D eigenvalue weighted by Gasteiger charge is -2.16. The molecule has 3 rings (SSSR count).